The minimum absolute atomic E-state index is 0.0235. The molecule has 18 heavy (non-hydrogen) atoms. The van der Waals surface area contributed by atoms with E-state index in [4.69, 9.17) is 5.73 Å². The monoisotopic (exact) mass is 240 g/mol. The Morgan fingerprint density at radius 1 is 1.28 bits per heavy atom. The zero-order chi connectivity index (χ0) is 13.0. The molecule has 0 fully saturated rings. The third kappa shape index (κ3) is 2.26. The number of rotatable bonds is 3. The van der Waals surface area contributed by atoms with Gasteiger partial charge in [0.05, 0.1) is 12.2 Å². The normalized spacial score (nSPS) is 11.9. The molecule has 0 amide bonds. The van der Waals surface area contributed by atoms with E-state index >= 15 is 0 Å². The van der Waals surface area contributed by atoms with Gasteiger partial charge in [0.15, 0.2) is 5.43 Å². The predicted octanol–water partition coefficient (Wildman–Crippen LogP) is 2.51. The molecule has 3 nitrogen and oxygen atoms in total. The van der Waals surface area contributed by atoms with Crippen molar-refractivity contribution in [3.8, 4) is 0 Å². The molecule has 0 unspecified atom stereocenters. The number of benzene rings is 1. The number of pyridine rings is 1. The van der Waals surface area contributed by atoms with Crippen molar-refractivity contribution >= 4 is 17.0 Å². The zero-order valence-corrected chi connectivity index (χ0v) is 10.3. The number of fused-ring (bicyclic) bond motifs is 1. The van der Waals surface area contributed by atoms with Crippen molar-refractivity contribution in [1.82, 2.24) is 4.57 Å². The molecule has 3 heteroatoms. The van der Waals surface area contributed by atoms with Crippen LogP contribution in [0.1, 0.15) is 12.6 Å². The standard InChI is InChI=1S/C15H16N2O/c1-2-3-4-7-12-10-15(18)13-8-5-6-9-14(13)17(12)11-16/h2-10H,11,16H2,1H3/b3-2-,7-4-. The lowest BCUT2D eigenvalue weighted by atomic mass is 10.1. The molecule has 0 radical (unpaired) electrons. The first kappa shape index (κ1) is 12.3. The summed E-state index contributed by atoms with van der Waals surface area (Å²) >= 11 is 0. The van der Waals surface area contributed by atoms with Gasteiger partial charge >= 0.3 is 0 Å². The Balaban J connectivity index is 2.71. The molecule has 1 heterocycles. The number of aromatic nitrogens is 1. The Morgan fingerprint density at radius 3 is 2.78 bits per heavy atom. The maximum atomic E-state index is 12.0. The maximum absolute atomic E-state index is 12.0. The van der Waals surface area contributed by atoms with Gasteiger partial charge in [0.2, 0.25) is 0 Å². The minimum atomic E-state index is 0.0235. The predicted molar refractivity (Wildman–Crippen MR) is 76.2 cm³/mol. The summed E-state index contributed by atoms with van der Waals surface area (Å²) in [6.45, 7) is 2.29. The van der Waals surface area contributed by atoms with Crippen molar-refractivity contribution in [2.75, 3.05) is 0 Å². The maximum Gasteiger partial charge on any atom is 0.190 e. The summed E-state index contributed by atoms with van der Waals surface area (Å²) in [5.74, 6) is 0. The molecule has 0 spiro atoms. The van der Waals surface area contributed by atoms with E-state index in [1.165, 1.54) is 0 Å². The van der Waals surface area contributed by atoms with E-state index in [1.807, 2.05) is 60.1 Å². The van der Waals surface area contributed by atoms with E-state index in [0.29, 0.717) is 12.1 Å². The second-order valence-electron chi connectivity index (χ2n) is 3.95. The van der Waals surface area contributed by atoms with Gasteiger partial charge in [-0.05, 0) is 25.1 Å². The molecule has 0 aliphatic carbocycles. The largest absolute Gasteiger partial charge is 0.328 e. The fraction of sp³-hybridized carbons (Fsp3) is 0.133. The summed E-state index contributed by atoms with van der Waals surface area (Å²) in [5, 5.41) is 0.700. The molecule has 2 aromatic rings. The van der Waals surface area contributed by atoms with E-state index in [-0.39, 0.29) is 5.43 Å². The molecule has 1 aromatic heterocycles. The van der Waals surface area contributed by atoms with Crippen molar-refractivity contribution in [3.63, 3.8) is 0 Å². The van der Waals surface area contributed by atoms with Crippen LogP contribution in [0.3, 0.4) is 0 Å². The van der Waals surface area contributed by atoms with Crippen LogP contribution in [-0.4, -0.2) is 4.57 Å². The van der Waals surface area contributed by atoms with Crippen LogP contribution in [0.25, 0.3) is 17.0 Å². The average molecular weight is 240 g/mol. The highest BCUT2D eigenvalue weighted by atomic mass is 16.1. The van der Waals surface area contributed by atoms with Crippen LogP contribution in [0, 0.1) is 0 Å². The van der Waals surface area contributed by atoms with E-state index in [2.05, 4.69) is 0 Å². The van der Waals surface area contributed by atoms with Gasteiger partial charge in [-0.25, -0.2) is 0 Å². The first-order chi connectivity index (χ1) is 8.77. The molecule has 0 bridgehead atoms. The van der Waals surface area contributed by atoms with Crippen molar-refractivity contribution in [2.24, 2.45) is 5.73 Å². The van der Waals surface area contributed by atoms with Gasteiger partial charge in [-0.2, -0.15) is 0 Å². The Morgan fingerprint density at radius 2 is 2.06 bits per heavy atom. The lowest BCUT2D eigenvalue weighted by molar-refractivity contribution is 0.748. The Kier molecular flexibility index (Phi) is 3.75. The number of hydrogen-bond donors (Lipinski definition) is 1. The van der Waals surface area contributed by atoms with Gasteiger partial charge < -0.3 is 10.3 Å². The van der Waals surface area contributed by atoms with Crippen LogP contribution in [0.15, 0.2) is 53.4 Å². The molecular weight excluding hydrogens is 224 g/mol. The summed E-state index contributed by atoms with van der Waals surface area (Å²) in [6.07, 6.45) is 7.64. The topological polar surface area (TPSA) is 48.0 Å². The molecule has 92 valence electrons. The smallest absolute Gasteiger partial charge is 0.190 e. The number of nitrogens with zero attached hydrogens (tertiary/aromatic N) is 1. The highest BCUT2D eigenvalue weighted by Gasteiger charge is 2.04. The molecule has 2 N–H and O–H groups in total. The first-order valence-electron chi connectivity index (χ1n) is 5.90. The summed E-state index contributed by atoms with van der Waals surface area (Å²) < 4.78 is 1.93. The summed E-state index contributed by atoms with van der Waals surface area (Å²) in [7, 11) is 0. The third-order valence-electron chi connectivity index (χ3n) is 2.80. The van der Waals surface area contributed by atoms with Crippen molar-refractivity contribution < 1.29 is 0 Å². The van der Waals surface area contributed by atoms with Crippen LogP contribution in [-0.2, 0) is 6.67 Å². The first-order valence-corrected chi connectivity index (χ1v) is 5.90. The molecule has 1 aromatic carbocycles. The van der Waals surface area contributed by atoms with E-state index in [9.17, 15) is 4.79 Å². The van der Waals surface area contributed by atoms with Crippen LogP contribution in [0.4, 0.5) is 0 Å². The molecule has 0 aliphatic heterocycles. The van der Waals surface area contributed by atoms with Gasteiger partial charge in [-0.15, -0.1) is 0 Å². The van der Waals surface area contributed by atoms with Crippen molar-refractivity contribution in [2.45, 2.75) is 13.6 Å². The second kappa shape index (κ2) is 5.47. The van der Waals surface area contributed by atoms with Crippen LogP contribution >= 0.6 is 0 Å². The number of hydrogen-bond acceptors (Lipinski definition) is 2. The fourth-order valence-corrected chi connectivity index (χ4v) is 1.95. The molecule has 0 saturated carbocycles. The fourth-order valence-electron chi connectivity index (χ4n) is 1.95. The van der Waals surface area contributed by atoms with Gasteiger partial charge in [0.1, 0.15) is 0 Å². The van der Waals surface area contributed by atoms with Gasteiger partial charge in [-0.3, -0.25) is 4.79 Å². The molecule has 0 atom stereocenters. The van der Waals surface area contributed by atoms with Crippen LogP contribution in [0.5, 0.6) is 0 Å². The highest BCUT2D eigenvalue weighted by molar-refractivity contribution is 5.80. The summed E-state index contributed by atoms with van der Waals surface area (Å²) in [5.41, 5.74) is 7.49. The molecule has 2 rings (SSSR count). The summed E-state index contributed by atoms with van der Waals surface area (Å²) in [6, 6.07) is 9.13. The quantitative estimate of drug-likeness (QED) is 0.838. The van der Waals surface area contributed by atoms with E-state index in [1.54, 1.807) is 6.07 Å². The number of allylic oxidation sites excluding steroid dienone is 3. The Bertz CT molecular complexity index is 666. The van der Waals surface area contributed by atoms with E-state index < -0.39 is 0 Å². The van der Waals surface area contributed by atoms with Crippen molar-refractivity contribution in [3.05, 3.63) is 64.5 Å². The zero-order valence-electron chi connectivity index (χ0n) is 10.3. The van der Waals surface area contributed by atoms with E-state index in [0.717, 1.165) is 11.2 Å². The number of para-hydroxylation sites is 1. The van der Waals surface area contributed by atoms with Crippen LogP contribution < -0.4 is 11.2 Å². The van der Waals surface area contributed by atoms with Crippen molar-refractivity contribution in [1.29, 1.82) is 0 Å². The second-order valence-corrected chi connectivity index (χ2v) is 3.95. The van der Waals surface area contributed by atoms with Gasteiger partial charge in [-0.1, -0.05) is 30.4 Å². The van der Waals surface area contributed by atoms with Crippen LogP contribution in [0.2, 0.25) is 0 Å². The third-order valence-corrected chi connectivity index (χ3v) is 2.80. The Labute approximate surface area is 106 Å². The lowest BCUT2D eigenvalue weighted by Crippen LogP contribution is -2.16. The van der Waals surface area contributed by atoms with Gasteiger partial charge in [0.25, 0.3) is 0 Å². The summed E-state index contributed by atoms with van der Waals surface area (Å²) in [4.78, 5) is 12.0. The molecule has 0 saturated heterocycles. The Hall–Kier alpha value is -2.13. The number of nitrogens with two attached hydrogens (primary N) is 1. The minimum Gasteiger partial charge on any atom is -0.328 e. The molecular formula is C15H16N2O. The van der Waals surface area contributed by atoms with Gasteiger partial charge in [0, 0.05) is 17.1 Å². The lowest BCUT2D eigenvalue weighted by Gasteiger charge is -2.12. The average Bonchev–Trinajstić information content (AvgIpc) is 2.39. The SMILES string of the molecule is C/C=C\C=C/c1cc(=O)c2ccccc2n1CN. The highest BCUT2D eigenvalue weighted by Crippen LogP contribution is 2.13. The molecule has 0 aliphatic rings.